The molecular weight excluding hydrogens is 455 g/mol. The van der Waals surface area contributed by atoms with Crippen molar-refractivity contribution in [3.63, 3.8) is 0 Å². The van der Waals surface area contributed by atoms with Crippen LogP contribution in [0.5, 0.6) is 0 Å². The maximum Gasteiger partial charge on any atom is 0.407 e. The van der Waals surface area contributed by atoms with Crippen LogP contribution in [0.15, 0.2) is 66.9 Å². The van der Waals surface area contributed by atoms with E-state index in [1.807, 2.05) is 48.5 Å². The molecule has 3 rings (SSSR count). The molecular formula is C29H39FN4O2. The Hall–Kier alpha value is -3.19. The van der Waals surface area contributed by atoms with Crippen LogP contribution in [0.4, 0.5) is 9.18 Å². The number of hydrogen-bond donors (Lipinski definition) is 2. The normalized spacial score (nSPS) is 13.9. The van der Waals surface area contributed by atoms with Crippen molar-refractivity contribution in [1.82, 2.24) is 19.8 Å². The summed E-state index contributed by atoms with van der Waals surface area (Å²) < 4.78 is 17.3. The Morgan fingerprint density at radius 2 is 1.61 bits per heavy atom. The fraction of sp³-hybridized carbons (Fsp3) is 0.448. The fourth-order valence-electron chi connectivity index (χ4n) is 4.25. The zero-order chi connectivity index (χ0) is 26.5. The molecule has 7 heteroatoms. The number of benzene rings is 2. The molecule has 6 nitrogen and oxygen atoms in total. The topological polar surface area (TPSA) is 70.4 Å². The van der Waals surface area contributed by atoms with Gasteiger partial charge in [0.25, 0.3) is 0 Å². The quantitative estimate of drug-likeness (QED) is 0.362. The smallest absolute Gasteiger partial charge is 0.407 e. The van der Waals surface area contributed by atoms with E-state index in [1.54, 1.807) is 20.8 Å². The van der Waals surface area contributed by atoms with E-state index in [1.165, 1.54) is 0 Å². The first-order valence-electron chi connectivity index (χ1n) is 12.4. The van der Waals surface area contributed by atoms with Crippen molar-refractivity contribution in [1.29, 1.82) is 0 Å². The van der Waals surface area contributed by atoms with Gasteiger partial charge in [0.1, 0.15) is 12.0 Å². The van der Waals surface area contributed by atoms with Crippen molar-refractivity contribution in [2.75, 3.05) is 13.1 Å². The Labute approximate surface area is 214 Å². The maximum atomic E-state index is 15.1. The number of imidazole rings is 1. The van der Waals surface area contributed by atoms with Crippen molar-refractivity contribution in [2.24, 2.45) is 5.41 Å². The van der Waals surface area contributed by atoms with Crippen molar-refractivity contribution >= 4 is 6.09 Å². The molecule has 1 aromatic heterocycles. The Balaban J connectivity index is 1.91. The van der Waals surface area contributed by atoms with Crippen LogP contribution < -0.4 is 5.32 Å². The highest BCUT2D eigenvalue weighted by atomic mass is 19.1. The van der Waals surface area contributed by atoms with Crippen molar-refractivity contribution < 1.29 is 14.3 Å². The van der Waals surface area contributed by atoms with Gasteiger partial charge in [-0.25, -0.2) is 14.2 Å². The van der Waals surface area contributed by atoms with Gasteiger partial charge < -0.3 is 19.9 Å². The van der Waals surface area contributed by atoms with Crippen LogP contribution in [-0.4, -0.2) is 50.5 Å². The van der Waals surface area contributed by atoms with Crippen LogP contribution >= 0.6 is 0 Å². The lowest BCUT2D eigenvalue weighted by molar-refractivity contribution is 0.0787. The Kier molecular flexibility index (Phi) is 8.56. The summed E-state index contributed by atoms with van der Waals surface area (Å²) in [6, 6.07) is 19.9. The molecule has 2 N–H and O–H groups in total. The monoisotopic (exact) mass is 494 g/mol. The zero-order valence-corrected chi connectivity index (χ0v) is 22.2. The first-order chi connectivity index (χ1) is 16.9. The minimum absolute atomic E-state index is 0.0145. The third kappa shape index (κ3) is 7.17. The summed E-state index contributed by atoms with van der Waals surface area (Å²) >= 11 is 0. The third-order valence-electron chi connectivity index (χ3n) is 6.16. The molecule has 36 heavy (non-hydrogen) atoms. The molecule has 0 fully saturated rings. The van der Waals surface area contributed by atoms with Gasteiger partial charge >= 0.3 is 6.09 Å². The molecule has 0 radical (unpaired) electrons. The molecule has 0 spiro atoms. The minimum Gasteiger partial charge on any atom is -0.465 e. The van der Waals surface area contributed by atoms with Crippen LogP contribution in [-0.2, 0) is 6.54 Å². The fourth-order valence-corrected chi connectivity index (χ4v) is 4.25. The van der Waals surface area contributed by atoms with E-state index in [2.05, 4.69) is 49.0 Å². The second-order valence-corrected chi connectivity index (χ2v) is 11.3. The Bertz CT molecular complexity index is 1120. The molecule has 3 aromatic rings. The van der Waals surface area contributed by atoms with E-state index in [0.717, 1.165) is 27.5 Å². The van der Waals surface area contributed by atoms with Crippen molar-refractivity contribution in [3.05, 3.63) is 78.2 Å². The van der Waals surface area contributed by atoms with Crippen LogP contribution in [0.3, 0.4) is 0 Å². The van der Waals surface area contributed by atoms with Gasteiger partial charge in [0, 0.05) is 30.4 Å². The largest absolute Gasteiger partial charge is 0.465 e. The predicted octanol–water partition coefficient (Wildman–Crippen LogP) is 6.39. The second kappa shape index (κ2) is 11.2. The number of rotatable bonds is 9. The number of alkyl halides is 1. The van der Waals surface area contributed by atoms with E-state index >= 15 is 4.39 Å². The number of nitrogens with zero attached hydrogens (tertiary/aromatic N) is 3. The highest BCUT2D eigenvalue weighted by Crippen LogP contribution is 2.34. The highest BCUT2D eigenvalue weighted by Gasteiger charge is 2.33. The number of carbonyl (C=O) groups is 1. The highest BCUT2D eigenvalue weighted by molar-refractivity contribution is 5.66. The average molecular weight is 495 g/mol. The Morgan fingerprint density at radius 1 is 1.03 bits per heavy atom. The van der Waals surface area contributed by atoms with E-state index in [-0.39, 0.29) is 24.5 Å². The first-order valence-corrected chi connectivity index (χ1v) is 12.4. The van der Waals surface area contributed by atoms with Crippen LogP contribution in [0.1, 0.15) is 59.0 Å². The van der Waals surface area contributed by atoms with Crippen LogP contribution in [0, 0.1) is 5.41 Å². The molecule has 0 bridgehead atoms. The summed E-state index contributed by atoms with van der Waals surface area (Å²) in [5.41, 5.74) is 2.07. The average Bonchev–Trinajstić information content (AvgIpc) is 3.20. The molecule has 0 aliphatic heterocycles. The lowest BCUT2D eigenvalue weighted by atomic mass is 9.86. The number of carboxylic acid groups (broad SMARTS) is 1. The van der Waals surface area contributed by atoms with Crippen molar-refractivity contribution in [3.8, 4) is 11.3 Å². The lowest BCUT2D eigenvalue weighted by Crippen LogP contribution is -2.50. The van der Waals surface area contributed by atoms with Gasteiger partial charge in [0.15, 0.2) is 0 Å². The van der Waals surface area contributed by atoms with Gasteiger partial charge in [0.2, 0.25) is 0 Å². The molecule has 0 saturated heterocycles. The standard InChI is InChI=1S/C29H39FN4O2/c1-28(2,3)25(31-17-23(30)19-34(27(35)36)29(4,5)6)26-32-24(22-15-11-8-12-16-22)20-33(26)18-21-13-9-7-10-14-21/h7-16,20,23,25,31H,17-19H2,1-6H3,(H,35,36)/t23-,25-/m0/s1. The third-order valence-corrected chi connectivity index (χ3v) is 6.16. The number of hydrogen-bond acceptors (Lipinski definition) is 3. The number of aromatic nitrogens is 2. The van der Waals surface area contributed by atoms with E-state index in [4.69, 9.17) is 4.98 Å². The van der Waals surface area contributed by atoms with Gasteiger partial charge in [-0.15, -0.1) is 0 Å². The molecule has 0 aliphatic carbocycles. The van der Waals surface area contributed by atoms with E-state index in [9.17, 15) is 9.90 Å². The van der Waals surface area contributed by atoms with Crippen molar-refractivity contribution in [2.45, 2.75) is 65.8 Å². The molecule has 2 atom stereocenters. The molecule has 1 heterocycles. The van der Waals surface area contributed by atoms with Gasteiger partial charge in [-0.2, -0.15) is 0 Å². The second-order valence-electron chi connectivity index (χ2n) is 11.3. The Morgan fingerprint density at radius 3 is 2.14 bits per heavy atom. The number of amides is 1. The number of nitrogens with one attached hydrogen (secondary N) is 1. The molecule has 0 unspecified atom stereocenters. The molecule has 1 amide bonds. The van der Waals surface area contributed by atoms with Gasteiger partial charge in [-0.1, -0.05) is 81.4 Å². The predicted molar refractivity (Wildman–Crippen MR) is 143 cm³/mol. The van der Waals surface area contributed by atoms with Gasteiger partial charge in [0.05, 0.1) is 18.3 Å². The molecule has 0 aliphatic rings. The SMILES string of the molecule is CC(C)(C)[C@@H](NC[C@H](F)CN(C(=O)O)C(C)(C)C)c1nc(-c2ccccc2)cn1Cc1ccccc1. The van der Waals surface area contributed by atoms with E-state index < -0.39 is 17.8 Å². The van der Waals surface area contributed by atoms with Gasteiger partial charge in [-0.05, 0) is 31.7 Å². The van der Waals surface area contributed by atoms with Gasteiger partial charge in [-0.3, -0.25) is 0 Å². The van der Waals surface area contributed by atoms with Crippen LogP contribution in [0.2, 0.25) is 0 Å². The summed E-state index contributed by atoms with van der Waals surface area (Å²) in [6.45, 7) is 12.1. The molecule has 194 valence electrons. The summed E-state index contributed by atoms with van der Waals surface area (Å²) in [6.07, 6.45) is -0.434. The summed E-state index contributed by atoms with van der Waals surface area (Å²) in [5, 5.41) is 12.9. The minimum atomic E-state index is -1.36. The summed E-state index contributed by atoms with van der Waals surface area (Å²) in [5.74, 6) is 0.823. The maximum absolute atomic E-state index is 15.1. The summed E-state index contributed by atoms with van der Waals surface area (Å²) in [7, 11) is 0. The van der Waals surface area contributed by atoms with E-state index in [0.29, 0.717) is 6.54 Å². The number of halogens is 1. The lowest BCUT2D eigenvalue weighted by Gasteiger charge is -2.35. The summed E-state index contributed by atoms with van der Waals surface area (Å²) in [4.78, 5) is 17.9. The zero-order valence-electron chi connectivity index (χ0n) is 22.2. The van der Waals surface area contributed by atoms with Crippen LogP contribution in [0.25, 0.3) is 11.3 Å². The first kappa shape index (κ1) is 27.4. The molecule has 0 saturated carbocycles. The molecule has 2 aromatic carbocycles.